The quantitative estimate of drug-likeness (QED) is 0.300. The molecule has 0 aromatic heterocycles. The minimum Gasteiger partial charge on any atom is -0.330 e. The molecule has 0 spiro atoms. The molecule has 0 radical (unpaired) electrons. The van der Waals surface area contributed by atoms with Crippen molar-refractivity contribution < 1.29 is 4.48 Å². The third-order valence-electron chi connectivity index (χ3n) is 4.93. The van der Waals surface area contributed by atoms with Crippen LogP contribution in [0.4, 0.5) is 0 Å². The monoisotopic (exact) mass is 301 g/mol. The van der Waals surface area contributed by atoms with Crippen molar-refractivity contribution in [3.8, 4) is 0 Å². The molecule has 0 amide bonds. The summed E-state index contributed by atoms with van der Waals surface area (Å²) in [6.07, 6.45) is 15.4. The number of hydrogen-bond donors (Lipinski definition) is 2. The van der Waals surface area contributed by atoms with Crippen molar-refractivity contribution in [2.45, 2.75) is 70.6 Å². The molecule has 0 bridgehead atoms. The molecule has 0 aliphatic carbocycles. The van der Waals surface area contributed by atoms with Crippen LogP contribution >= 0.6 is 12.6 Å². The van der Waals surface area contributed by atoms with Crippen LogP contribution in [-0.2, 0) is 0 Å². The van der Waals surface area contributed by atoms with Crippen LogP contribution in [0.2, 0.25) is 0 Å². The third-order valence-corrected chi connectivity index (χ3v) is 5.13. The van der Waals surface area contributed by atoms with Gasteiger partial charge in [0.25, 0.3) is 0 Å². The van der Waals surface area contributed by atoms with Crippen LogP contribution in [0.3, 0.4) is 0 Å². The number of quaternary nitrogens is 1. The van der Waals surface area contributed by atoms with E-state index < -0.39 is 0 Å². The Balaban J connectivity index is 1.91. The van der Waals surface area contributed by atoms with Crippen molar-refractivity contribution in [2.75, 3.05) is 38.5 Å². The molecule has 0 aromatic carbocycles. The van der Waals surface area contributed by atoms with Crippen LogP contribution in [-0.4, -0.2) is 43.0 Å². The summed E-state index contributed by atoms with van der Waals surface area (Å²) in [7, 11) is 0. The first-order valence-electron chi connectivity index (χ1n) is 8.99. The highest BCUT2D eigenvalue weighted by Gasteiger charge is 2.30. The molecule has 20 heavy (non-hydrogen) atoms. The van der Waals surface area contributed by atoms with E-state index in [2.05, 4.69) is 12.6 Å². The van der Waals surface area contributed by atoms with Gasteiger partial charge >= 0.3 is 0 Å². The van der Waals surface area contributed by atoms with E-state index in [1.165, 1.54) is 101 Å². The molecule has 0 saturated carbocycles. The zero-order valence-electron chi connectivity index (χ0n) is 13.5. The zero-order chi connectivity index (χ0) is 14.5. The molecular formula is C17H37N2S+. The topological polar surface area (TPSA) is 26.0 Å². The molecule has 0 atom stereocenters. The van der Waals surface area contributed by atoms with Gasteiger partial charge in [-0.1, -0.05) is 38.5 Å². The second-order valence-electron chi connectivity index (χ2n) is 6.64. The van der Waals surface area contributed by atoms with Crippen molar-refractivity contribution >= 4 is 12.6 Å². The number of unbranched alkanes of at least 4 members (excludes halogenated alkanes) is 8. The SMILES string of the molecule is NCCCCCCCCCCC[N+]1(CCS)CCCC1. The first kappa shape index (κ1) is 18.3. The van der Waals surface area contributed by atoms with Crippen LogP contribution < -0.4 is 5.73 Å². The van der Waals surface area contributed by atoms with Gasteiger partial charge in [0, 0.05) is 18.6 Å². The number of nitrogens with two attached hydrogens (primary N) is 1. The van der Waals surface area contributed by atoms with Crippen molar-refractivity contribution in [3.63, 3.8) is 0 Å². The lowest BCUT2D eigenvalue weighted by molar-refractivity contribution is -0.914. The average molecular weight is 302 g/mol. The van der Waals surface area contributed by atoms with E-state index in [0.29, 0.717) is 0 Å². The maximum absolute atomic E-state index is 5.50. The van der Waals surface area contributed by atoms with E-state index in [0.717, 1.165) is 12.3 Å². The zero-order valence-corrected chi connectivity index (χ0v) is 14.4. The lowest BCUT2D eigenvalue weighted by atomic mass is 10.1. The number of nitrogens with zero attached hydrogens (tertiary/aromatic N) is 1. The van der Waals surface area contributed by atoms with Gasteiger partial charge in [-0.05, 0) is 25.8 Å². The highest BCUT2D eigenvalue weighted by atomic mass is 32.1. The first-order chi connectivity index (χ1) is 9.83. The average Bonchev–Trinajstić information content (AvgIpc) is 2.90. The summed E-state index contributed by atoms with van der Waals surface area (Å²) in [5.74, 6) is 1.06. The molecule has 2 N–H and O–H groups in total. The van der Waals surface area contributed by atoms with E-state index >= 15 is 0 Å². The Labute approximate surface area is 132 Å². The Morgan fingerprint density at radius 3 is 1.70 bits per heavy atom. The second-order valence-corrected chi connectivity index (χ2v) is 7.08. The molecule has 1 fully saturated rings. The van der Waals surface area contributed by atoms with E-state index in [-0.39, 0.29) is 0 Å². The van der Waals surface area contributed by atoms with Gasteiger partial charge in [-0.3, -0.25) is 0 Å². The number of likely N-dealkylation sites (tertiary alicyclic amines) is 1. The molecular weight excluding hydrogens is 264 g/mol. The van der Waals surface area contributed by atoms with Crippen molar-refractivity contribution in [1.82, 2.24) is 0 Å². The largest absolute Gasteiger partial charge is 0.330 e. The summed E-state index contributed by atoms with van der Waals surface area (Å²) >= 11 is 4.45. The van der Waals surface area contributed by atoms with Crippen LogP contribution in [0.5, 0.6) is 0 Å². The van der Waals surface area contributed by atoms with Gasteiger partial charge < -0.3 is 10.2 Å². The van der Waals surface area contributed by atoms with Gasteiger partial charge in [-0.2, -0.15) is 12.6 Å². The summed E-state index contributed by atoms with van der Waals surface area (Å²) in [5.41, 5.74) is 5.50. The minimum absolute atomic E-state index is 0.867. The van der Waals surface area contributed by atoms with Gasteiger partial charge in [0.05, 0.1) is 26.2 Å². The Kier molecular flexibility index (Phi) is 10.9. The molecule has 1 heterocycles. The lowest BCUT2D eigenvalue weighted by Gasteiger charge is -2.34. The maximum atomic E-state index is 5.50. The summed E-state index contributed by atoms with van der Waals surface area (Å²) in [5, 5.41) is 0. The first-order valence-corrected chi connectivity index (χ1v) is 9.62. The summed E-state index contributed by atoms with van der Waals surface area (Å²) in [4.78, 5) is 0. The van der Waals surface area contributed by atoms with Gasteiger partial charge in [-0.15, -0.1) is 0 Å². The summed E-state index contributed by atoms with van der Waals surface area (Å²) in [6.45, 7) is 6.41. The predicted molar refractivity (Wildman–Crippen MR) is 93.4 cm³/mol. The summed E-state index contributed by atoms with van der Waals surface area (Å²) < 4.78 is 1.38. The smallest absolute Gasteiger partial charge is 0.0876 e. The molecule has 1 aliphatic rings. The van der Waals surface area contributed by atoms with Gasteiger partial charge in [0.1, 0.15) is 0 Å². The second kappa shape index (κ2) is 11.9. The lowest BCUT2D eigenvalue weighted by Crippen LogP contribution is -2.47. The van der Waals surface area contributed by atoms with Crippen molar-refractivity contribution in [3.05, 3.63) is 0 Å². The fourth-order valence-corrected chi connectivity index (χ4v) is 4.03. The van der Waals surface area contributed by atoms with Crippen molar-refractivity contribution in [2.24, 2.45) is 5.73 Å². The van der Waals surface area contributed by atoms with E-state index in [1.807, 2.05) is 0 Å². The van der Waals surface area contributed by atoms with Crippen LogP contribution in [0, 0.1) is 0 Å². The highest BCUT2D eigenvalue weighted by molar-refractivity contribution is 7.80. The Bertz CT molecular complexity index is 215. The van der Waals surface area contributed by atoms with Gasteiger partial charge in [-0.25, -0.2) is 0 Å². The maximum Gasteiger partial charge on any atom is 0.0876 e. The predicted octanol–water partition coefficient (Wildman–Crippen LogP) is 4.00. The summed E-state index contributed by atoms with van der Waals surface area (Å²) in [6, 6.07) is 0. The van der Waals surface area contributed by atoms with Crippen LogP contribution in [0.1, 0.15) is 70.6 Å². The van der Waals surface area contributed by atoms with Gasteiger partial charge in [0.2, 0.25) is 0 Å². The molecule has 0 aromatic rings. The standard InChI is InChI=1S/C17H36N2S/c18-12-8-6-4-2-1-3-5-7-9-13-19(16-17-20)14-10-11-15-19/h1-18H2/p+1. The fraction of sp³-hybridized carbons (Fsp3) is 1.00. The molecule has 2 nitrogen and oxygen atoms in total. The fourth-order valence-electron chi connectivity index (χ4n) is 3.61. The van der Waals surface area contributed by atoms with Crippen LogP contribution in [0.15, 0.2) is 0 Å². The number of thiol groups is 1. The highest BCUT2D eigenvalue weighted by Crippen LogP contribution is 2.21. The van der Waals surface area contributed by atoms with E-state index in [4.69, 9.17) is 5.73 Å². The Morgan fingerprint density at radius 2 is 1.20 bits per heavy atom. The molecule has 1 rings (SSSR count). The third kappa shape index (κ3) is 7.90. The molecule has 120 valence electrons. The number of hydrogen-bond acceptors (Lipinski definition) is 2. The van der Waals surface area contributed by atoms with Crippen LogP contribution in [0.25, 0.3) is 0 Å². The number of rotatable bonds is 13. The van der Waals surface area contributed by atoms with E-state index in [9.17, 15) is 0 Å². The van der Waals surface area contributed by atoms with Crippen molar-refractivity contribution in [1.29, 1.82) is 0 Å². The van der Waals surface area contributed by atoms with Gasteiger partial charge in [0.15, 0.2) is 0 Å². The van der Waals surface area contributed by atoms with E-state index in [1.54, 1.807) is 0 Å². The molecule has 1 saturated heterocycles. The minimum atomic E-state index is 0.867. The Morgan fingerprint density at radius 1 is 0.700 bits per heavy atom. The normalized spacial score (nSPS) is 17.7. The molecule has 0 unspecified atom stereocenters. The molecule has 1 aliphatic heterocycles. The Hall–Kier alpha value is 0.270. The molecule has 3 heteroatoms.